The lowest BCUT2D eigenvalue weighted by Crippen LogP contribution is -2.62. The van der Waals surface area contributed by atoms with Gasteiger partial charge >= 0.3 is 5.97 Å². The number of nitriles is 1. The molecule has 254 valence electrons. The molecule has 1 aromatic carbocycles. The molecule has 11 atom stereocenters. The second kappa shape index (κ2) is 19.4. The molecular formula is C32H49NO12. The van der Waals surface area contributed by atoms with Gasteiger partial charge in [-0.3, -0.25) is 4.79 Å². The first kappa shape index (κ1) is 37.2. The third-order valence-corrected chi connectivity index (χ3v) is 8.14. The Labute approximate surface area is 264 Å². The van der Waals surface area contributed by atoms with Crippen LogP contribution in [0.4, 0.5) is 0 Å². The number of aliphatic hydroxyl groups excluding tert-OH is 6. The van der Waals surface area contributed by atoms with Crippen LogP contribution in [0.5, 0.6) is 0 Å². The number of ether oxygens (including phenoxy) is 5. The van der Waals surface area contributed by atoms with Crippen molar-refractivity contribution in [1.29, 1.82) is 5.26 Å². The van der Waals surface area contributed by atoms with E-state index >= 15 is 0 Å². The topological polar surface area (TPSA) is 208 Å². The quantitative estimate of drug-likeness (QED) is 0.0992. The predicted octanol–water partition coefficient (Wildman–Crippen LogP) is 1.36. The largest absolute Gasteiger partial charge is 0.463 e. The van der Waals surface area contributed by atoms with Crippen LogP contribution in [0.3, 0.4) is 0 Å². The van der Waals surface area contributed by atoms with E-state index in [-0.39, 0.29) is 13.0 Å². The van der Waals surface area contributed by atoms with Crippen molar-refractivity contribution in [2.45, 2.75) is 139 Å². The summed E-state index contributed by atoms with van der Waals surface area (Å²) in [5.41, 5.74) is 0.482. The number of rotatable bonds is 18. The molecule has 3 rings (SSSR count). The van der Waals surface area contributed by atoms with Crippen molar-refractivity contribution >= 4 is 5.97 Å². The van der Waals surface area contributed by atoms with E-state index in [2.05, 4.69) is 6.92 Å². The number of carbonyl (C=O) groups is 1. The fourth-order valence-electron chi connectivity index (χ4n) is 5.32. The minimum atomic E-state index is -1.73. The van der Waals surface area contributed by atoms with Crippen LogP contribution in [0.1, 0.15) is 82.8 Å². The second-order valence-electron chi connectivity index (χ2n) is 11.7. The highest BCUT2D eigenvalue weighted by atomic mass is 16.7. The van der Waals surface area contributed by atoms with Gasteiger partial charge in [-0.25, -0.2) is 0 Å². The predicted molar refractivity (Wildman–Crippen MR) is 158 cm³/mol. The molecule has 0 saturated carbocycles. The lowest BCUT2D eigenvalue weighted by molar-refractivity contribution is -0.334. The van der Waals surface area contributed by atoms with Gasteiger partial charge in [0.25, 0.3) is 0 Å². The van der Waals surface area contributed by atoms with Gasteiger partial charge in [0.1, 0.15) is 55.4 Å². The molecule has 0 radical (unpaired) electrons. The summed E-state index contributed by atoms with van der Waals surface area (Å²) in [4.78, 5) is 12.2. The maximum absolute atomic E-state index is 12.2. The monoisotopic (exact) mass is 639 g/mol. The molecule has 2 fully saturated rings. The van der Waals surface area contributed by atoms with Gasteiger partial charge < -0.3 is 54.3 Å². The Morgan fingerprint density at radius 2 is 1.29 bits per heavy atom. The number of carbonyl (C=O) groups excluding carboxylic acids is 1. The van der Waals surface area contributed by atoms with E-state index in [1.54, 1.807) is 30.3 Å². The Kier molecular flexibility index (Phi) is 16.1. The van der Waals surface area contributed by atoms with Gasteiger partial charge in [0.15, 0.2) is 18.7 Å². The zero-order valence-corrected chi connectivity index (χ0v) is 25.8. The van der Waals surface area contributed by atoms with Crippen molar-refractivity contribution < 1.29 is 59.1 Å². The molecule has 2 aliphatic rings. The molecule has 2 saturated heterocycles. The lowest BCUT2D eigenvalue weighted by atomic mass is 9.98. The molecule has 0 amide bonds. The number of esters is 1. The first-order valence-corrected chi connectivity index (χ1v) is 15.9. The Morgan fingerprint density at radius 1 is 0.756 bits per heavy atom. The lowest BCUT2D eigenvalue weighted by Gasteiger charge is -2.43. The molecule has 0 bridgehead atoms. The first-order valence-electron chi connectivity index (χ1n) is 15.9. The summed E-state index contributed by atoms with van der Waals surface area (Å²) in [6, 6.07) is 10.4. The third-order valence-electron chi connectivity index (χ3n) is 8.14. The van der Waals surface area contributed by atoms with E-state index < -0.39 is 80.1 Å². The van der Waals surface area contributed by atoms with Crippen molar-refractivity contribution in [2.75, 3.05) is 13.2 Å². The van der Waals surface area contributed by atoms with E-state index in [4.69, 9.17) is 23.7 Å². The van der Waals surface area contributed by atoms with E-state index in [0.717, 1.165) is 19.3 Å². The van der Waals surface area contributed by atoms with Crippen LogP contribution in [-0.4, -0.2) is 111 Å². The van der Waals surface area contributed by atoms with E-state index in [0.29, 0.717) is 12.0 Å². The average Bonchev–Trinajstić information content (AvgIpc) is 3.05. The van der Waals surface area contributed by atoms with Crippen molar-refractivity contribution in [1.82, 2.24) is 0 Å². The van der Waals surface area contributed by atoms with Crippen LogP contribution in [-0.2, 0) is 28.5 Å². The molecule has 13 heteroatoms. The molecule has 2 aliphatic heterocycles. The second-order valence-corrected chi connectivity index (χ2v) is 11.7. The smallest absolute Gasteiger partial charge is 0.305 e. The first-order chi connectivity index (χ1) is 21.7. The molecule has 2 heterocycles. The maximum atomic E-state index is 12.2. The Morgan fingerprint density at radius 3 is 1.89 bits per heavy atom. The van der Waals surface area contributed by atoms with Crippen molar-refractivity contribution in [2.24, 2.45) is 0 Å². The van der Waals surface area contributed by atoms with Crippen LogP contribution in [0.25, 0.3) is 0 Å². The highest BCUT2D eigenvalue weighted by molar-refractivity contribution is 5.69. The number of unbranched alkanes of at least 4 members (excludes halogenated alkanes) is 8. The van der Waals surface area contributed by atoms with Gasteiger partial charge in [-0.2, -0.15) is 5.26 Å². The molecule has 13 nitrogen and oxygen atoms in total. The zero-order chi connectivity index (χ0) is 32.8. The average molecular weight is 640 g/mol. The van der Waals surface area contributed by atoms with Crippen molar-refractivity contribution in [3.05, 3.63) is 35.9 Å². The number of nitrogens with zero attached hydrogens (tertiary/aromatic N) is 1. The van der Waals surface area contributed by atoms with Crippen molar-refractivity contribution in [3.63, 3.8) is 0 Å². The molecule has 1 aromatic rings. The fourth-order valence-corrected chi connectivity index (χ4v) is 5.32. The van der Waals surface area contributed by atoms with Gasteiger partial charge in [-0.05, 0) is 12.0 Å². The van der Waals surface area contributed by atoms with Gasteiger partial charge in [-0.1, -0.05) is 88.6 Å². The standard InChI is InChI=1S/C32H49NO12/c1-2-3-4-5-6-7-8-9-13-16-24(34)41-18-22-25(35)27(37)29(39)31(44-22)42-19-23-26(36)28(38)30(40)32(45-23)43-21(17-33)20-14-11-10-12-15-20/h10-12,14-15,21-23,25-32,35-40H,2-9,13,16,18-19H2,1H3/t21-,22+,23+,25+,26+,27-,28-,29+,30+,31+,32+/m0/s1. The van der Waals surface area contributed by atoms with E-state index in [1.807, 2.05) is 6.07 Å². The molecule has 6 N–H and O–H groups in total. The fraction of sp³-hybridized carbons (Fsp3) is 0.750. The summed E-state index contributed by atoms with van der Waals surface area (Å²) in [6.45, 7) is 1.28. The SMILES string of the molecule is CCCCCCCCCCCC(=O)OC[C@H]1O[C@@H](OC[C@H]2O[C@@H](O[C@@H](C#N)c3ccccc3)[C@H](O)[C@@H](O)[C@@H]2O)[C@H](O)[C@@H](O)[C@@H]1O. The summed E-state index contributed by atoms with van der Waals surface area (Å²) in [7, 11) is 0. The Bertz CT molecular complexity index is 1030. The van der Waals surface area contributed by atoms with E-state index in [9.17, 15) is 40.7 Å². The van der Waals surface area contributed by atoms with Crippen LogP contribution < -0.4 is 0 Å². The summed E-state index contributed by atoms with van der Waals surface area (Å²) < 4.78 is 27.6. The molecular weight excluding hydrogens is 590 g/mol. The summed E-state index contributed by atoms with van der Waals surface area (Å²) in [5, 5.41) is 72.1. The Hall–Kier alpha value is -2.22. The molecule has 0 unspecified atom stereocenters. The minimum Gasteiger partial charge on any atom is -0.463 e. The number of aliphatic hydroxyl groups is 6. The number of hydrogen-bond acceptors (Lipinski definition) is 13. The molecule has 45 heavy (non-hydrogen) atoms. The van der Waals surface area contributed by atoms with Gasteiger partial charge in [0.05, 0.1) is 12.7 Å². The van der Waals surface area contributed by atoms with Gasteiger partial charge in [0.2, 0.25) is 0 Å². The summed E-state index contributed by atoms with van der Waals surface area (Å²) in [6.07, 6.45) is -6.68. The number of benzene rings is 1. The Balaban J connectivity index is 1.46. The highest BCUT2D eigenvalue weighted by Crippen LogP contribution is 2.29. The van der Waals surface area contributed by atoms with Crippen LogP contribution in [0.2, 0.25) is 0 Å². The minimum absolute atomic E-state index is 0.203. The van der Waals surface area contributed by atoms with Crippen LogP contribution >= 0.6 is 0 Å². The number of hydrogen-bond donors (Lipinski definition) is 6. The summed E-state index contributed by atoms with van der Waals surface area (Å²) in [5.74, 6) is -0.477. The molecule has 0 spiro atoms. The summed E-state index contributed by atoms with van der Waals surface area (Å²) >= 11 is 0. The van der Waals surface area contributed by atoms with Gasteiger partial charge in [0, 0.05) is 6.42 Å². The third kappa shape index (κ3) is 11.2. The van der Waals surface area contributed by atoms with Gasteiger partial charge in [-0.15, -0.1) is 0 Å². The van der Waals surface area contributed by atoms with E-state index in [1.165, 1.54) is 32.1 Å². The molecule has 0 aliphatic carbocycles. The zero-order valence-electron chi connectivity index (χ0n) is 25.8. The van der Waals surface area contributed by atoms with Crippen molar-refractivity contribution in [3.8, 4) is 6.07 Å². The van der Waals surface area contributed by atoms with Crippen LogP contribution in [0, 0.1) is 11.3 Å². The maximum Gasteiger partial charge on any atom is 0.305 e. The van der Waals surface area contributed by atoms with Crippen LogP contribution in [0.15, 0.2) is 30.3 Å². The molecule has 0 aromatic heterocycles. The highest BCUT2D eigenvalue weighted by Gasteiger charge is 2.48. The normalized spacial score (nSPS) is 32.5.